The molecular weight excluding hydrogens is 252 g/mol. The fourth-order valence-corrected chi connectivity index (χ4v) is 3.14. The Bertz CT molecular complexity index is 601. The molecule has 0 bridgehead atoms. The fourth-order valence-electron chi connectivity index (χ4n) is 3.14. The number of hydrogen-bond donors (Lipinski definition) is 2. The van der Waals surface area contributed by atoms with Crippen molar-refractivity contribution in [2.24, 2.45) is 11.3 Å². The largest absolute Gasteiger partial charge is 0.353 e. The summed E-state index contributed by atoms with van der Waals surface area (Å²) in [5.41, 5.74) is 3.94. The van der Waals surface area contributed by atoms with E-state index in [1.807, 2.05) is 16.8 Å². The van der Waals surface area contributed by atoms with E-state index in [1.165, 1.54) is 19.3 Å². The number of fused-ring (bicyclic) bond motifs is 1. The number of aromatic nitrogens is 3. The molecule has 0 aromatic carbocycles. The highest BCUT2D eigenvalue weighted by molar-refractivity contribution is 5.67. The van der Waals surface area contributed by atoms with Gasteiger partial charge in [-0.05, 0) is 24.7 Å². The number of imidazole rings is 1. The summed E-state index contributed by atoms with van der Waals surface area (Å²) in [5.74, 6) is 7.11. The van der Waals surface area contributed by atoms with E-state index in [1.54, 1.807) is 6.20 Å². The topological polar surface area (TPSA) is 71.5 Å². The minimum absolute atomic E-state index is 0.414. The van der Waals surface area contributed by atoms with Gasteiger partial charge in [0.1, 0.15) is 0 Å². The Morgan fingerprint density at radius 3 is 2.85 bits per heavy atom. The van der Waals surface area contributed by atoms with Crippen molar-refractivity contribution >= 4 is 17.3 Å². The smallest absolute Gasteiger partial charge is 0.180 e. The number of hydrazine groups is 1. The van der Waals surface area contributed by atoms with Gasteiger partial charge in [-0.25, -0.2) is 15.8 Å². The van der Waals surface area contributed by atoms with Crippen LogP contribution in [0.15, 0.2) is 18.6 Å². The van der Waals surface area contributed by atoms with Crippen LogP contribution in [0.4, 0.5) is 11.6 Å². The molecule has 3 heterocycles. The average Bonchev–Trinajstić information content (AvgIpc) is 3.13. The highest BCUT2D eigenvalue weighted by Crippen LogP contribution is 2.39. The van der Waals surface area contributed by atoms with E-state index in [0.717, 1.165) is 24.6 Å². The number of rotatable bonds is 4. The lowest BCUT2D eigenvalue weighted by Crippen LogP contribution is -2.27. The summed E-state index contributed by atoms with van der Waals surface area (Å²) in [6.07, 6.45) is 9.21. The first-order valence-corrected chi connectivity index (χ1v) is 7.26. The number of nitrogens with two attached hydrogens (primary N) is 1. The first kappa shape index (κ1) is 13.2. The minimum Gasteiger partial charge on any atom is -0.353 e. The predicted molar refractivity (Wildman–Crippen MR) is 80.6 cm³/mol. The lowest BCUT2D eigenvalue weighted by molar-refractivity contribution is 0.301. The Balaban J connectivity index is 2.00. The average molecular weight is 274 g/mol. The van der Waals surface area contributed by atoms with Gasteiger partial charge in [0.15, 0.2) is 17.3 Å². The normalized spacial score (nSPS) is 17.9. The maximum atomic E-state index is 5.52. The van der Waals surface area contributed by atoms with Crippen LogP contribution in [0.2, 0.25) is 0 Å². The second-order valence-corrected chi connectivity index (χ2v) is 5.63. The molecule has 2 aromatic rings. The third-order valence-corrected chi connectivity index (χ3v) is 4.74. The SMILES string of the molecule is CCC1(CC)CCN(c2nc(NN)cn3ccnc23)C1. The monoisotopic (exact) mass is 274 g/mol. The standard InChI is InChI=1S/C14H22N6/c1-3-14(4-2)5-7-20(10-14)13-12-16-6-8-19(12)9-11(17-13)18-15/h6,8-9,18H,3-5,7,10,15H2,1-2H3. The third-order valence-electron chi connectivity index (χ3n) is 4.74. The van der Waals surface area contributed by atoms with Crippen molar-refractivity contribution in [3.63, 3.8) is 0 Å². The van der Waals surface area contributed by atoms with Crippen molar-refractivity contribution in [2.45, 2.75) is 33.1 Å². The van der Waals surface area contributed by atoms with E-state index in [2.05, 4.69) is 34.1 Å². The van der Waals surface area contributed by atoms with Gasteiger partial charge < -0.3 is 14.7 Å². The number of anilines is 2. The molecule has 6 nitrogen and oxygen atoms in total. The quantitative estimate of drug-likeness (QED) is 0.659. The molecule has 0 aliphatic carbocycles. The van der Waals surface area contributed by atoms with E-state index in [0.29, 0.717) is 11.2 Å². The molecule has 1 aliphatic rings. The Morgan fingerprint density at radius 2 is 2.20 bits per heavy atom. The number of nitrogens with one attached hydrogen (secondary N) is 1. The molecule has 0 unspecified atom stereocenters. The second kappa shape index (κ2) is 4.94. The summed E-state index contributed by atoms with van der Waals surface area (Å²) in [7, 11) is 0. The predicted octanol–water partition coefficient (Wildman–Crippen LogP) is 2.03. The van der Waals surface area contributed by atoms with E-state index < -0.39 is 0 Å². The van der Waals surface area contributed by atoms with Crippen molar-refractivity contribution in [3.05, 3.63) is 18.6 Å². The van der Waals surface area contributed by atoms with Gasteiger partial charge in [-0.2, -0.15) is 0 Å². The molecule has 20 heavy (non-hydrogen) atoms. The van der Waals surface area contributed by atoms with E-state index in [9.17, 15) is 0 Å². The highest BCUT2D eigenvalue weighted by Gasteiger charge is 2.36. The lowest BCUT2D eigenvalue weighted by atomic mass is 9.82. The summed E-state index contributed by atoms with van der Waals surface area (Å²) in [6.45, 7) is 6.64. The molecule has 0 amide bonds. The molecule has 6 heteroatoms. The zero-order valence-corrected chi connectivity index (χ0v) is 12.1. The van der Waals surface area contributed by atoms with Gasteiger partial charge in [0, 0.05) is 25.5 Å². The molecule has 0 radical (unpaired) electrons. The van der Waals surface area contributed by atoms with Crippen LogP contribution in [0.5, 0.6) is 0 Å². The van der Waals surface area contributed by atoms with E-state index >= 15 is 0 Å². The van der Waals surface area contributed by atoms with Crippen LogP contribution in [0.3, 0.4) is 0 Å². The third kappa shape index (κ3) is 2.00. The van der Waals surface area contributed by atoms with Crippen molar-refractivity contribution in [1.82, 2.24) is 14.4 Å². The van der Waals surface area contributed by atoms with Crippen LogP contribution in [0, 0.1) is 5.41 Å². The van der Waals surface area contributed by atoms with Gasteiger partial charge in [0.05, 0.1) is 6.20 Å². The Morgan fingerprint density at radius 1 is 1.40 bits per heavy atom. The van der Waals surface area contributed by atoms with Crippen LogP contribution in [-0.2, 0) is 0 Å². The molecule has 0 saturated carbocycles. The van der Waals surface area contributed by atoms with Gasteiger partial charge in [0.2, 0.25) is 0 Å². The van der Waals surface area contributed by atoms with Crippen molar-refractivity contribution < 1.29 is 0 Å². The van der Waals surface area contributed by atoms with Crippen molar-refractivity contribution in [1.29, 1.82) is 0 Å². The number of hydrogen-bond acceptors (Lipinski definition) is 5. The number of nitrogen functional groups attached to an aromatic ring is 1. The second-order valence-electron chi connectivity index (χ2n) is 5.63. The van der Waals surface area contributed by atoms with Crippen molar-refractivity contribution in [2.75, 3.05) is 23.4 Å². The lowest BCUT2D eigenvalue weighted by Gasteiger charge is -2.27. The highest BCUT2D eigenvalue weighted by atomic mass is 15.3. The first-order chi connectivity index (χ1) is 9.71. The molecule has 1 saturated heterocycles. The maximum Gasteiger partial charge on any atom is 0.180 e. The molecule has 3 rings (SSSR count). The zero-order valence-electron chi connectivity index (χ0n) is 12.1. The molecular formula is C14H22N6. The molecule has 1 fully saturated rings. The fraction of sp³-hybridized carbons (Fsp3) is 0.571. The van der Waals surface area contributed by atoms with Crippen LogP contribution in [0.25, 0.3) is 5.65 Å². The Kier molecular flexibility index (Phi) is 3.25. The molecule has 0 spiro atoms. The van der Waals surface area contributed by atoms with E-state index in [4.69, 9.17) is 5.84 Å². The molecule has 0 atom stereocenters. The Labute approximate surface area is 119 Å². The van der Waals surface area contributed by atoms with Gasteiger partial charge in [-0.1, -0.05) is 13.8 Å². The summed E-state index contributed by atoms with van der Waals surface area (Å²) >= 11 is 0. The number of nitrogens with zero attached hydrogens (tertiary/aromatic N) is 4. The summed E-state index contributed by atoms with van der Waals surface area (Å²) < 4.78 is 1.97. The van der Waals surface area contributed by atoms with E-state index in [-0.39, 0.29) is 0 Å². The van der Waals surface area contributed by atoms with Crippen LogP contribution in [0.1, 0.15) is 33.1 Å². The maximum absolute atomic E-state index is 5.52. The van der Waals surface area contributed by atoms with Gasteiger partial charge >= 0.3 is 0 Å². The molecule has 108 valence electrons. The van der Waals surface area contributed by atoms with Crippen LogP contribution in [-0.4, -0.2) is 27.5 Å². The van der Waals surface area contributed by atoms with Gasteiger partial charge in [0.25, 0.3) is 0 Å². The minimum atomic E-state index is 0.414. The van der Waals surface area contributed by atoms with Crippen molar-refractivity contribution in [3.8, 4) is 0 Å². The first-order valence-electron chi connectivity index (χ1n) is 7.26. The van der Waals surface area contributed by atoms with Gasteiger partial charge in [-0.15, -0.1) is 0 Å². The molecule has 1 aliphatic heterocycles. The van der Waals surface area contributed by atoms with Crippen LogP contribution < -0.4 is 16.2 Å². The molecule has 2 aromatic heterocycles. The van der Waals surface area contributed by atoms with Crippen LogP contribution >= 0.6 is 0 Å². The summed E-state index contributed by atoms with van der Waals surface area (Å²) in [6, 6.07) is 0. The Hall–Kier alpha value is -1.82. The summed E-state index contributed by atoms with van der Waals surface area (Å²) in [4.78, 5) is 11.4. The van der Waals surface area contributed by atoms with Gasteiger partial charge in [-0.3, -0.25) is 0 Å². The summed E-state index contributed by atoms with van der Waals surface area (Å²) in [5, 5.41) is 0. The molecule has 3 N–H and O–H groups in total. The zero-order chi connectivity index (χ0) is 14.2.